The molecule has 4 nitrogen and oxygen atoms in total. The van der Waals surface area contributed by atoms with Crippen LogP contribution in [-0.2, 0) is 4.79 Å². The van der Waals surface area contributed by atoms with Gasteiger partial charge in [0.2, 0.25) is 0 Å². The first-order valence-corrected chi connectivity index (χ1v) is 4.77. The number of carboxylic acid groups (broad SMARTS) is 1. The first kappa shape index (κ1) is 10.5. The average molecular weight is 187 g/mol. The third-order valence-corrected chi connectivity index (χ3v) is 2.92. The van der Waals surface area contributed by atoms with Crippen LogP contribution in [0.5, 0.6) is 0 Å². The van der Waals surface area contributed by atoms with Gasteiger partial charge in [-0.15, -0.1) is 0 Å². The highest BCUT2D eigenvalue weighted by molar-refractivity contribution is 5.77. The smallest absolute Gasteiger partial charge is 0.335 e. The van der Waals surface area contributed by atoms with Gasteiger partial charge in [0.05, 0.1) is 0 Å². The van der Waals surface area contributed by atoms with E-state index in [9.17, 15) is 9.90 Å². The Hall–Kier alpha value is -0.610. The lowest BCUT2D eigenvalue weighted by molar-refractivity contribution is -0.166. The average Bonchev–Trinajstić information content (AvgIpc) is 2.17. The van der Waals surface area contributed by atoms with E-state index in [4.69, 9.17) is 5.11 Å². The normalized spacial score (nSPS) is 23.8. The van der Waals surface area contributed by atoms with Crippen molar-refractivity contribution < 1.29 is 15.0 Å². The number of hydrogen-bond donors (Lipinski definition) is 3. The van der Waals surface area contributed by atoms with Crippen molar-refractivity contribution >= 4 is 5.97 Å². The molecular weight excluding hydrogens is 170 g/mol. The van der Waals surface area contributed by atoms with Crippen LogP contribution in [0.2, 0.25) is 0 Å². The van der Waals surface area contributed by atoms with Crippen molar-refractivity contribution in [2.45, 2.75) is 31.8 Å². The summed E-state index contributed by atoms with van der Waals surface area (Å²) >= 11 is 0. The Morgan fingerprint density at radius 3 is 2.46 bits per heavy atom. The molecule has 0 spiro atoms. The van der Waals surface area contributed by atoms with Crippen LogP contribution in [0.15, 0.2) is 0 Å². The van der Waals surface area contributed by atoms with Gasteiger partial charge in [0, 0.05) is 5.92 Å². The van der Waals surface area contributed by atoms with Crippen LogP contribution < -0.4 is 5.32 Å². The van der Waals surface area contributed by atoms with E-state index in [0.29, 0.717) is 0 Å². The SMILES string of the molecule is CCC(O)(C(=O)O)C1CCNCC1. The first-order valence-electron chi connectivity index (χ1n) is 4.77. The van der Waals surface area contributed by atoms with Crippen LogP contribution in [0.3, 0.4) is 0 Å². The standard InChI is InChI=1S/C9H17NO3/c1-2-9(13,8(11)12)7-3-5-10-6-4-7/h7,10,13H,2-6H2,1H3,(H,11,12). The maximum Gasteiger partial charge on any atom is 0.335 e. The molecule has 1 heterocycles. The number of rotatable bonds is 3. The van der Waals surface area contributed by atoms with Crippen LogP contribution in [0.1, 0.15) is 26.2 Å². The molecule has 0 aliphatic carbocycles. The van der Waals surface area contributed by atoms with Crippen LogP contribution >= 0.6 is 0 Å². The molecule has 0 radical (unpaired) electrons. The Kier molecular flexibility index (Phi) is 3.27. The summed E-state index contributed by atoms with van der Waals surface area (Å²) in [4.78, 5) is 10.9. The Bertz CT molecular complexity index is 189. The van der Waals surface area contributed by atoms with E-state index < -0.39 is 11.6 Å². The van der Waals surface area contributed by atoms with Gasteiger partial charge in [0.25, 0.3) is 0 Å². The monoisotopic (exact) mass is 187 g/mol. The molecule has 1 unspecified atom stereocenters. The van der Waals surface area contributed by atoms with E-state index in [0.717, 1.165) is 25.9 Å². The molecule has 1 aliphatic heterocycles. The molecule has 1 atom stereocenters. The van der Waals surface area contributed by atoms with Crippen molar-refractivity contribution in [1.29, 1.82) is 0 Å². The summed E-state index contributed by atoms with van der Waals surface area (Å²) in [5.74, 6) is -1.18. The summed E-state index contributed by atoms with van der Waals surface area (Å²) in [7, 11) is 0. The van der Waals surface area contributed by atoms with Gasteiger partial charge >= 0.3 is 5.97 Å². The molecule has 13 heavy (non-hydrogen) atoms. The molecule has 76 valence electrons. The third-order valence-electron chi connectivity index (χ3n) is 2.92. The van der Waals surface area contributed by atoms with Crippen molar-refractivity contribution in [3.8, 4) is 0 Å². The highest BCUT2D eigenvalue weighted by Crippen LogP contribution is 2.29. The molecule has 4 heteroatoms. The largest absolute Gasteiger partial charge is 0.479 e. The van der Waals surface area contributed by atoms with Crippen molar-refractivity contribution in [2.75, 3.05) is 13.1 Å². The molecule has 0 aromatic rings. The fourth-order valence-corrected chi connectivity index (χ4v) is 1.91. The Labute approximate surface area is 78.0 Å². The predicted molar refractivity (Wildman–Crippen MR) is 48.5 cm³/mol. The Morgan fingerprint density at radius 2 is 2.08 bits per heavy atom. The summed E-state index contributed by atoms with van der Waals surface area (Å²) < 4.78 is 0. The maximum absolute atomic E-state index is 10.9. The minimum Gasteiger partial charge on any atom is -0.479 e. The van der Waals surface area contributed by atoms with Gasteiger partial charge in [-0.25, -0.2) is 4.79 Å². The molecule has 1 aliphatic rings. The quantitative estimate of drug-likeness (QED) is 0.591. The fourth-order valence-electron chi connectivity index (χ4n) is 1.91. The van der Waals surface area contributed by atoms with Gasteiger partial charge in [-0.3, -0.25) is 0 Å². The van der Waals surface area contributed by atoms with E-state index in [1.807, 2.05) is 0 Å². The van der Waals surface area contributed by atoms with Crippen molar-refractivity contribution in [3.05, 3.63) is 0 Å². The number of carboxylic acids is 1. The summed E-state index contributed by atoms with van der Waals surface area (Å²) in [5, 5.41) is 22.0. The second-order valence-electron chi connectivity index (χ2n) is 3.61. The second kappa shape index (κ2) is 4.07. The topological polar surface area (TPSA) is 69.6 Å². The number of aliphatic hydroxyl groups is 1. The molecule has 1 fully saturated rings. The van der Waals surface area contributed by atoms with Crippen molar-refractivity contribution in [2.24, 2.45) is 5.92 Å². The highest BCUT2D eigenvalue weighted by Gasteiger charge is 2.42. The van der Waals surface area contributed by atoms with E-state index in [1.165, 1.54) is 0 Å². The summed E-state index contributed by atoms with van der Waals surface area (Å²) in [6, 6.07) is 0. The molecule has 3 N–H and O–H groups in total. The second-order valence-corrected chi connectivity index (χ2v) is 3.61. The predicted octanol–water partition coefficient (Wildman–Crippen LogP) is 0.212. The van der Waals surface area contributed by atoms with Crippen LogP contribution in [0, 0.1) is 5.92 Å². The fraction of sp³-hybridized carbons (Fsp3) is 0.889. The van der Waals surface area contributed by atoms with Crippen molar-refractivity contribution in [3.63, 3.8) is 0 Å². The number of carbonyl (C=O) groups is 1. The molecule has 1 rings (SSSR count). The first-order chi connectivity index (χ1) is 6.11. The molecule has 0 amide bonds. The van der Waals surface area contributed by atoms with Gasteiger partial charge < -0.3 is 15.5 Å². The van der Waals surface area contributed by atoms with Gasteiger partial charge in [0.1, 0.15) is 0 Å². The zero-order chi connectivity index (χ0) is 9.90. The van der Waals surface area contributed by atoms with Crippen LogP contribution in [0.4, 0.5) is 0 Å². The maximum atomic E-state index is 10.9. The van der Waals surface area contributed by atoms with Crippen LogP contribution in [0.25, 0.3) is 0 Å². The lowest BCUT2D eigenvalue weighted by Gasteiger charge is -2.34. The molecule has 1 saturated heterocycles. The van der Waals surface area contributed by atoms with Crippen molar-refractivity contribution in [1.82, 2.24) is 5.32 Å². The van der Waals surface area contributed by atoms with E-state index in [-0.39, 0.29) is 12.3 Å². The minimum atomic E-state index is -1.51. The Balaban J connectivity index is 2.68. The zero-order valence-electron chi connectivity index (χ0n) is 7.92. The van der Waals surface area contributed by atoms with E-state index >= 15 is 0 Å². The van der Waals surface area contributed by atoms with Gasteiger partial charge in [-0.05, 0) is 32.4 Å². The lowest BCUT2D eigenvalue weighted by atomic mass is 9.79. The highest BCUT2D eigenvalue weighted by atomic mass is 16.4. The van der Waals surface area contributed by atoms with Gasteiger partial charge in [0.15, 0.2) is 5.60 Å². The number of piperidine rings is 1. The Morgan fingerprint density at radius 1 is 1.54 bits per heavy atom. The van der Waals surface area contributed by atoms with E-state index in [2.05, 4.69) is 5.32 Å². The summed E-state index contributed by atoms with van der Waals surface area (Å²) in [6.45, 7) is 3.33. The minimum absolute atomic E-state index is 0.101. The third kappa shape index (κ3) is 2.00. The molecule has 0 bridgehead atoms. The summed E-state index contributed by atoms with van der Waals surface area (Å²) in [6.07, 6.45) is 1.78. The summed E-state index contributed by atoms with van der Waals surface area (Å²) in [5.41, 5.74) is -1.51. The van der Waals surface area contributed by atoms with Crippen LogP contribution in [-0.4, -0.2) is 34.9 Å². The molecule has 0 aromatic carbocycles. The van der Waals surface area contributed by atoms with Gasteiger partial charge in [-0.1, -0.05) is 6.92 Å². The zero-order valence-corrected chi connectivity index (χ0v) is 7.92. The lowest BCUT2D eigenvalue weighted by Crippen LogP contribution is -2.49. The number of hydrogen-bond acceptors (Lipinski definition) is 3. The molecule has 0 aromatic heterocycles. The molecule has 0 saturated carbocycles. The van der Waals surface area contributed by atoms with E-state index in [1.54, 1.807) is 6.92 Å². The molecular formula is C9H17NO3. The number of aliphatic carboxylic acids is 1. The van der Waals surface area contributed by atoms with Gasteiger partial charge in [-0.2, -0.15) is 0 Å². The number of nitrogens with one attached hydrogen (secondary N) is 1.